The molecule has 17 heavy (non-hydrogen) atoms. The number of amides is 1. The van der Waals surface area contributed by atoms with E-state index in [1.54, 1.807) is 0 Å². The van der Waals surface area contributed by atoms with Crippen LogP contribution in [0.3, 0.4) is 0 Å². The van der Waals surface area contributed by atoms with Crippen molar-refractivity contribution in [1.82, 2.24) is 15.5 Å². The van der Waals surface area contributed by atoms with E-state index in [0.717, 1.165) is 51.5 Å². The second-order valence-electron chi connectivity index (χ2n) is 5.46. The zero-order valence-corrected chi connectivity index (χ0v) is 10.9. The van der Waals surface area contributed by atoms with E-state index in [1.807, 2.05) is 0 Å². The number of piperidine rings is 1. The standard InChI is InChI=1S/C13H25N3O/c1-16(12-2-3-12)9-8-15-13(17)10-11-4-6-14-7-5-11/h11-12,14H,2-10H2,1H3,(H,15,17). The van der Waals surface area contributed by atoms with Crippen LogP contribution in [0.5, 0.6) is 0 Å². The van der Waals surface area contributed by atoms with Crippen LogP contribution in [-0.2, 0) is 4.79 Å². The minimum Gasteiger partial charge on any atom is -0.355 e. The molecule has 1 aliphatic heterocycles. The Bertz CT molecular complexity index is 247. The molecule has 0 unspecified atom stereocenters. The summed E-state index contributed by atoms with van der Waals surface area (Å²) in [4.78, 5) is 14.1. The van der Waals surface area contributed by atoms with Crippen molar-refractivity contribution in [3.05, 3.63) is 0 Å². The van der Waals surface area contributed by atoms with Gasteiger partial charge in [0.15, 0.2) is 0 Å². The normalized spacial score (nSPS) is 21.8. The summed E-state index contributed by atoms with van der Waals surface area (Å²) in [6, 6.07) is 0.788. The minimum absolute atomic E-state index is 0.237. The van der Waals surface area contributed by atoms with Crippen LogP contribution in [0.4, 0.5) is 0 Å². The molecule has 0 atom stereocenters. The molecular weight excluding hydrogens is 214 g/mol. The average Bonchev–Trinajstić information content (AvgIpc) is 3.14. The summed E-state index contributed by atoms with van der Waals surface area (Å²) < 4.78 is 0. The molecule has 1 saturated carbocycles. The fourth-order valence-corrected chi connectivity index (χ4v) is 2.49. The molecule has 2 rings (SSSR count). The molecule has 0 aromatic carbocycles. The topological polar surface area (TPSA) is 44.4 Å². The Hall–Kier alpha value is -0.610. The van der Waals surface area contributed by atoms with E-state index in [0.29, 0.717) is 5.92 Å². The first kappa shape index (κ1) is 12.8. The van der Waals surface area contributed by atoms with Gasteiger partial charge in [0.2, 0.25) is 5.91 Å². The van der Waals surface area contributed by atoms with Crippen molar-refractivity contribution in [3.8, 4) is 0 Å². The maximum Gasteiger partial charge on any atom is 0.220 e. The van der Waals surface area contributed by atoms with E-state index in [2.05, 4.69) is 22.6 Å². The highest BCUT2D eigenvalue weighted by molar-refractivity contribution is 5.76. The molecule has 2 aliphatic rings. The summed E-state index contributed by atoms with van der Waals surface area (Å²) in [5.41, 5.74) is 0. The van der Waals surface area contributed by atoms with Crippen LogP contribution in [-0.4, -0.2) is 50.1 Å². The number of nitrogens with one attached hydrogen (secondary N) is 2. The molecule has 2 fully saturated rings. The zero-order chi connectivity index (χ0) is 12.1. The third kappa shape index (κ3) is 4.64. The molecule has 1 saturated heterocycles. The Labute approximate surface area is 104 Å². The molecule has 0 spiro atoms. The summed E-state index contributed by atoms with van der Waals surface area (Å²) in [7, 11) is 2.15. The maximum absolute atomic E-state index is 11.7. The van der Waals surface area contributed by atoms with Crippen LogP contribution < -0.4 is 10.6 Å². The van der Waals surface area contributed by atoms with E-state index in [1.165, 1.54) is 12.8 Å². The molecule has 1 amide bonds. The number of hydrogen-bond acceptors (Lipinski definition) is 3. The lowest BCUT2D eigenvalue weighted by atomic mass is 9.94. The highest BCUT2D eigenvalue weighted by atomic mass is 16.1. The molecule has 4 heteroatoms. The largest absolute Gasteiger partial charge is 0.355 e. The Morgan fingerprint density at radius 3 is 2.65 bits per heavy atom. The van der Waals surface area contributed by atoms with Crippen LogP contribution in [0.2, 0.25) is 0 Å². The van der Waals surface area contributed by atoms with E-state index >= 15 is 0 Å². The maximum atomic E-state index is 11.7. The van der Waals surface area contributed by atoms with Gasteiger partial charge in [-0.3, -0.25) is 4.79 Å². The number of hydrogen-bond donors (Lipinski definition) is 2. The third-order valence-electron chi connectivity index (χ3n) is 3.89. The molecule has 0 aromatic heterocycles. The third-order valence-corrected chi connectivity index (χ3v) is 3.89. The van der Waals surface area contributed by atoms with Crippen LogP contribution >= 0.6 is 0 Å². The number of carbonyl (C=O) groups excluding carboxylic acids is 1. The predicted molar refractivity (Wildman–Crippen MR) is 68.9 cm³/mol. The molecule has 1 heterocycles. The summed E-state index contributed by atoms with van der Waals surface area (Å²) in [6.07, 6.45) is 5.68. The van der Waals surface area contributed by atoms with Crippen molar-refractivity contribution >= 4 is 5.91 Å². The van der Waals surface area contributed by atoms with Crippen LogP contribution in [0.15, 0.2) is 0 Å². The van der Waals surface area contributed by atoms with Gasteiger partial charge < -0.3 is 15.5 Å². The van der Waals surface area contributed by atoms with Gasteiger partial charge in [-0.2, -0.15) is 0 Å². The Morgan fingerprint density at radius 1 is 1.29 bits per heavy atom. The van der Waals surface area contributed by atoms with Gasteiger partial charge in [-0.05, 0) is 51.7 Å². The van der Waals surface area contributed by atoms with Gasteiger partial charge in [0.25, 0.3) is 0 Å². The molecule has 4 nitrogen and oxygen atoms in total. The number of rotatable bonds is 6. The quantitative estimate of drug-likeness (QED) is 0.713. The lowest BCUT2D eigenvalue weighted by Gasteiger charge is -2.22. The molecule has 98 valence electrons. The smallest absolute Gasteiger partial charge is 0.220 e. The van der Waals surface area contributed by atoms with E-state index in [9.17, 15) is 4.79 Å². The summed E-state index contributed by atoms with van der Waals surface area (Å²) in [5.74, 6) is 0.832. The van der Waals surface area contributed by atoms with Crippen molar-refractivity contribution in [3.63, 3.8) is 0 Å². The second-order valence-corrected chi connectivity index (χ2v) is 5.46. The van der Waals surface area contributed by atoms with E-state index in [4.69, 9.17) is 0 Å². The predicted octanol–water partition coefficient (Wildman–Crippen LogP) is 0.587. The van der Waals surface area contributed by atoms with Crippen LogP contribution in [0, 0.1) is 5.92 Å². The molecular formula is C13H25N3O. The fourth-order valence-electron chi connectivity index (χ4n) is 2.49. The van der Waals surface area contributed by atoms with E-state index < -0.39 is 0 Å². The highest BCUT2D eigenvalue weighted by Crippen LogP contribution is 2.24. The van der Waals surface area contributed by atoms with Gasteiger partial charge in [-0.1, -0.05) is 0 Å². The Balaban J connectivity index is 1.53. The van der Waals surface area contributed by atoms with Crippen LogP contribution in [0.25, 0.3) is 0 Å². The van der Waals surface area contributed by atoms with Crippen LogP contribution in [0.1, 0.15) is 32.1 Å². The van der Waals surface area contributed by atoms with Crippen molar-refractivity contribution in [2.24, 2.45) is 5.92 Å². The van der Waals surface area contributed by atoms with Gasteiger partial charge in [-0.15, -0.1) is 0 Å². The average molecular weight is 239 g/mol. The summed E-state index contributed by atoms with van der Waals surface area (Å²) in [5, 5.41) is 6.37. The highest BCUT2D eigenvalue weighted by Gasteiger charge is 2.25. The molecule has 1 aliphatic carbocycles. The van der Waals surface area contributed by atoms with Crippen molar-refractivity contribution in [1.29, 1.82) is 0 Å². The summed E-state index contributed by atoms with van der Waals surface area (Å²) in [6.45, 7) is 3.93. The SMILES string of the molecule is CN(CCNC(=O)CC1CCNCC1)C1CC1. The number of likely N-dealkylation sites (N-methyl/N-ethyl adjacent to an activating group) is 1. The van der Waals surface area contributed by atoms with Gasteiger partial charge in [0.05, 0.1) is 0 Å². The second kappa shape index (κ2) is 6.36. The lowest BCUT2D eigenvalue weighted by molar-refractivity contribution is -0.122. The fraction of sp³-hybridized carbons (Fsp3) is 0.923. The zero-order valence-electron chi connectivity index (χ0n) is 10.9. The molecule has 2 N–H and O–H groups in total. The molecule has 0 radical (unpaired) electrons. The van der Waals surface area contributed by atoms with E-state index in [-0.39, 0.29) is 5.91 Å². The number of carbonyl (C=O) groups is 1. The van der Waals surface area contributed by atoms with Crippen molar-refractivity contribution in [2.75, 3.05) is 33.2 Å². The van der Waals surface area contributed by atoms with Crippen molar-refractivity contribution < 1.29 is 4.79 Å². The van der Waals surface area contributed by atoms with Gasteiger partial charge >= 0.3 is 0 Å². The Morgan fingerprint density at radius 2 is 2.00 bits per heavy atom. The first-order valence-corrected chi connectivity index (χ1v) is 6.93. The minimum atomic E-state index is 0.237. The van der Waals surface area contributed by atoms with Gasteiger partial charge in [0.1, 0.15) is 0 Å². The van der Waals surface area contributed by atoms with Gasteiger partial charge in [-0.25, -0.2) is 0 Å². The first-order valence-electron chi connectivity index (χ1n) is 6.93. The molecule has 0 aromatic rings. The number of nitrogens with zero attached hydrogens (tertiary/aromatic N) is 1. The first-order chi connectivity index (χ1) is 8.25. The lowest BCUT2D eigenvalue weighted by Crippen LogP contribution is -2.36. The monoisotopic (exact) mass is 239 g/mol. The molecule has 0 bridgehead atoms. The Kier molecular flexibility index (Phi) is 4.80. The van der Waals surface area contributed by atoms with Crippen molar-refractivity contribution in [2.45, 2.75) is 38.1 Å². The summed E-state index contributed by atoms with van der Waals surface area (Å²) >= 11 is 0. The van der Waals surface area contributed by atoms with Gasteiger partial charge in [0, 0.05) is 25.6 Å².